The second-order valence-corrected chi connectivity index (χ2v) is 0.316. The SMILES string of the molecule is CCO.N.NN. The molecule has 0 aliphatic carbocycles. The average molecular weight is 95.1 g/mol. The molecule has 0 atom stereocenters. The van der Waals surface area contributed by atoms with E-state index in [0.717, 1.165) is 0 Å². The van der Waals surface area contributed by atoms with Gasteiger partial charge in [0.05, 0.1) is 0 Å². The molecule has 0 radical (unpaired) electrons. The van der Waals surface area contributed by atoms with Gasteiger partial charge in [-0.3, -0.25) is 11.7 Å². The van der Waals surface area contributed by atoms with Gasteiger partial charge in [-0.1, -0.05) is 0 Å². The molecule has 6 heavy (non-hydrogen) atoms. The lowest BCUT2D eigenvalue weighted by molar-refractivity contribution is 0.318. The minimum atomic E-state index is 0. The molecule has 0 aromatic carbocycles. The Morgan fingerprint density at radius 3 is 1.50 bits per heavy atom. The van der Waals surface area contributed by atoms with Gasteiger partial charge >= 0.3 is 0 Å². The summed E-state index contributed by atoms with van der Waals surface area (Å²) in [5, 5.41) is 7.57. The lowest BCUT2D eigenvalue weighted by Crippen LogP contribution is -2.02. The van der Waals surface area contributed by atoms with Crippen molar-refractivity contribution in [3.63, 3.8) is 0 Å². The van der Waals surface area contributed by atoms with E-state index in [1.54, 1.807) is 6.92 Å². The Balaban J connectivity index is -0.0000000275. The first-order valence-electron chi connectivity index (χ1n) is 1.36. The molecule has 0 bridgehead atoms. The van der Waals surface area contributed by atoms with Gasteiger partial charge < -0.3 is 11.3 Å². The fraction of sp³-hybridized carbons (Fsp3) is 1.00. The van der Waals surface area contributed by atoms with Gasteiger partial charge in [0.15, 0.2) is 0 Å². The topological polar surface area (TPSA) is 107 Å². The summed E-state index contributed by atoms with van der Waals surface area (Å²) in [5.74, 6) is 8.00. The highest BCUT2D eigenvalue weighted by Crippen LogP contribution is 1.30. The van der Waals surface area contributed by atoms with Crippen LogP contribution in [0, 0.1) is 0 Å². The van der Waals surface area contributed by atoms with E-state index in [2.05, 4.69) is 11.7 Å². The molecule has 0 aromatic rings. The third-order valence-electron chi connectivity index (χ3n) is 0. The van der Waals surface area contributed by atoms with Crippen molar-refractivity contribution in [3.8, 4) is 0 Å². The van der Waals surface area contributed by atoms with Gasteiger partial charge in [-0.15, -0.1) is 0 Å². The molecule has 0 saturated carbocycles. The number of hydrogen-bond acceptors (Lipinski definition) is 4. The van der Waals surface area contributed by atoms with Crippen LogP contribution in [0.2, 0.25) is 0 Å². The van der Waals surface area contributed by atoms with Crippen LogP contribution in [0.1, 0.15) is 6.92 Å². The lowest BCUT2D eigenvalue weighted by Gasteiger charge is -1.52. The van der Waals surface area contributed by atoms with Crippen molar-refractivity contribution in [1.82, 2.24) is 6.15 Å². The van der Waals surface area contributed by atoms with Gasteiger partial charge in [-0.05, 0) is 6.92 Å². The molecule has 0 aliphatic heterocycles. The highest BCUT2D eigenvalue weighted by atomic mass is 16.2. The second-order valence-electron chi connectivity index (χ2n) is 0.316. The summed E-state index contributed by atoms with van der Waals surface area (Å²) in [6.45, 7) is 1.93. The van der Waals surface area contributed by atoms with Crippen LogP contribution in [-0.4, -0.2) is 11.7 Å². The van der Waals surface area contributed by atoms with Crippen molar-refractivity contribution in [1.29, 1.82) is 0 Å². The fourth-order valence-corrected chi connectivity index (χ4v) is 0. The Morgan fingerprint density at radius 2 is 1.50 bits per heavy atom. The van der Waals surface area contributed by atoms with Gasteiger partial charge in [0.1, 0.15) is 0 Å². The molecule has 4 heteroatoms. The van der Waals surface area contributed by atoms with Crippen molar-refractivity contribution in [2.24, 2.45) is 11.7 Å². The molecule has 0 amide bonds. The normalized spacial score (nSPS) is 4.00. The molecule has 42 valence electrons. The van der Waals surface area contributed by atoms with Crippen LogP contribution < -0.4 is 17.8 Å². The van der Waals surface area contributed by atoms with Crippen LogP contribution in [0.3, 0.4) is 0 Å². The molecular weight excluding hydrogens is 82.0 g/mol. The Labute approximate surface area is 37.7 Å². The summed E-state index contributed by atoms with van der Waals surface area (Å²) in [6.07, 6.45) is 0. The number of aliphatic hydroxyl groups is 1. The third kappa shape index (κ3) is 1210. The van der Waals surface area contributed by atoms with Gasteiger partial charge in [-0.2, -0.15) is 0 Å². The Kier molecular flexibility index (Phi) is 286. The van der Waals surface area contributed by atoms with Crippen LogP contribution in [-0.2, 0) is 0 Å². The van der Waals surface area contributed by atoms with Crippen LogP contribution in [0.5, 0.6) is 0 Å². The van der Waals surface area contributed by atoms with Crippen molar-refractivity contribution in [2.75, 3.05) is 6.61 Å². The van der Waals surface area contributed by atoms with E-state index >= 15 is 0 Å². The molecule has 0 aromatic heterocycles. The highest BCUT2D eigenvalue weighted by molar-refractivity contribution is 3.84. The van der Waals surface area contributed by atoms with Gasteiger partial charge in [0, 0.05) is 6.61 Å². The molecule has 0 aliphatic rings. The predicted molar refractivity (Wildman–Crippen MR) is 26.2 cm³/mol. The Morgan fingerprint density at radius 1 is 1.50 bits per heavy atom. The molecule has 0 saturated heterocycles. The molecule has 0 rings (SSSR count). The highest BCUT2D eigenvalue weighted by Gasteiger charge is 1.34. The Bertz CT molecular complexity index is 8.75. The first kappa shape index (κ1) is 17.0. The van der Waals surface area contributed by atoms with Crippen LogP contribution >= 0.6 is 0 Å². The van der Waals surface area contributed by atoms with E-state index in [4.69, 9.17) is 5.11 Å². The molecule has 0 heterocycles. The van der Waals surface area contributed by atoms with E-state index in [-0.39, 0.29) is 12.8 Å². The summed E-state index contributed by atoms with van der Waals surface area (Å²) >= 11 is 0. The maximum Gasteiger partial charge on any atom is 0.0402 e. The van der Waals surface area contributed by atoms with Crippen LogP contribution in [0.15, 0.2) is 0 Å². The molecular formula is C2H13N3O. The first-order chi connectivity index (χ1) is 2.41. The largest absolute Gasteiger partial charge is 0.397 e. The van der Waals surface area contributed by atoms with Gasteiger partial charge in [-0.25, -0.2) is 0 Å². The van der Waals surface area contributed by atoms with Crippen molar-refractivity contribution in [3.05, 3.63) is 0 Å². The second kappa shape index (κ2) is 101. The number of hydrogen-bond donors (Lipinski definition) is 4. The average Bonchev–Trinajstić information content (AvgIpc) is 1.46. The van der Waals surface area contributed by atoms with E-state index in [9.17, 15) is 0 Å². The fourth-order valence-electron chi connectivity index (χ4n) is 0. The number of rotatable bonds is 0. The molecule has 0 unspecified atom stereocenters. The summed E-state index contributed by atoms with van der Waals surface area (Å²) in [5.41, 5.74) is 0. The quantitative estimate of drug-likeness (QED) is 0.228. The Hall–Kier alpha value is -0.160. The zero-order valence-electron chi connectivity index (χ0n) is 4.02. The minimum absolute atomic E-state index is 0. The molecule has 0 fully saturated rings. The number of hydrazine groups is 1. The smallest absolute Gasteiger partial charge is 0.0402 e. The van der Waals surface area contributed by atoms with Gasteiger partial charge in [0.2, 0.25) is 0 Å². The zero-order chi connectivity index (χ0) is 4.71. The maximum atomic E-state index is 7.57. The number of nitrogens with two attached hydrogens (primary N) is 2. The standard InChI is InChI=1S/C2H6O.H4N2.H3N/c1-2-3;1-2;/h3H,2H2,1H3;1-2H2;1H3. The third-order valence-corrected chi connectivity index (χ3v) is 0. The molecule has 8 N–H and O–H groups in total. The van der Waals surface area contributed by atoms with E-state index < -0.39 is 0 Å². The maximum absolute atomic E-state index is 7.57. The summed E-state index contributed by atoms with van der Waals surface area (Å²) in [6, 6.07) is 0. The van der Waals surface area contributed by atoms with Crippen LogP contribution in [0.25, 0.3) is 0 Å². The van der Waals surface area contributed by atoms with Gasteiger partial charge in [0.25, 0.3) is 0 Å². The van der Waals surface area contributed by atoms with E-state index in [0.29, 0.717) is 0 Å². The van der Waals surface area contributed by atoms with Crippen molar-refractivity contribution in [2.45, 2.75) is 6.92 Å². The summed E-state index contributed by atoms with van der Waals surface area (Å²) in [7, 11) is 0. The number of aliphatic hydroxyl groups excluding tert-OH is 1. The molecule has 4 nitrogen and oxygen atoms in total. The van der Waals surface area contributed by atoms with Crippen molar-refractivity contribution >= 4 is 0 Å². The first-order valence-corrected chi connectivity index (χ1v) is 1.36. The predicted octanol–water partition coefficient (Wildman–Crippen LogP) is -1.02. The van der Waals surface area contributed by atoms with E-state index in [1.807, 2.05) is 0 Å². The minimum Gasteiger partial charge on any atom is -0.397 e. The lowest BCUT2D eigenvalue weighted by atomic mass is 10.9. The summed E-state index contributed by atoms with van der Waals surface area (Å²) < 4.78 is 0. The summed E-state index contributed by atoms with van der Waals surface area (Å²) in [4.78, 5) is 0. The van der Waals surface area contributed by atoms with Crippen LogP contribution in [0.4, 0.5) is 0 Å². The van der Waals surface area contributed by atoms with Crippen molar-refractivity contribution < 1.29 is 5.11 Å². The van der Waals surface area contributed by atoms with E-state index in [1.165, 1.54) is 0 Å². The molecule has 0 spiro atoms. The zero-order valence-corrected chi connectivity index (χ0v) is 4.02. The monoisotopic (exact) mass is 95.1 g/mol.